The van der Waals surface area contributed by atoms with E-state index in [0.717, 1.165) is 6.07 Å². The Morgan fingerprint density at radius 3 is 2.38 bits per heavy atom. The number of amides is 1. The number of alkyl carbamates (subject to hydrolysis) is 1. The maximum atomic E-state index is 13.4. The van der Waals surface area contributed by atoms with Gasteiger partial charge in [-0.25, -0.2) is 18.0 Å². The fraction of sp³-hybridized carbons (Fsp3) is 0.429. The SMILES string of the molecule is CC(C)(C)OC(=O)NCC(=O)Cc1cc(F)cc(F)c1F. The molecule has 0 aliphatic carbocycles. The molecule has 1 rings (SSSR count). The van der Waals surface area contributed by atoms with Crippen molar-refractivity contribution in [2.75, 3.05) is 6.54 Å². The topological polar surface area (TPSA) is 55.4 Å². The first-order valence-corrected chi connectivity index (χ1v) is 6.20. The zero-order valence-corrected chi connectivity index (χ0v) is 11.9. The zero-order valence-electron chi connectivity index (χ0n) is 11.9. The summed E-state index contributed by atoms with van der Waals surface area (Å²) < 4.78 is 44.2. The quantitative estimate of drug-likeness (QED) is 0.870. The van der Waals surface area contributed by atoms with Crippen molar-refractivity contribution in [1.82, 2.24) is 5.32 Å². The fourth-order valence-corrected chi connectivity index (χ4v) is 1.50. The van der Waals surface area contributed by atoms with Gasteiger partial charge in [0.2, 0.25) is 0 Å². The Balaban J connectivity index is 2.57. The second-order valence-electron chi connectivity index (χ2n) is 5.43. The molecule has 0 atom stereocenters. The first-order valence-electron chi connectivity index (χ1n) is 6.20. The summed E-state index contributed by atoms with van der Waals surface area (Å²) >= 11 is 0. The molecule has 0 saturated heterocycles. The van der Waals surface area contributed by atoms with Crippen molar-refractivity contribution < 1.29 is 27.5 Å². The highest BCUT2D eigenvalue weighted by Gasteiger charge is 2.18. The first kappa shape index (κ1) is 17.0. The largest absolute Gasteiger partial charge is 0.444 e. The third-order valence-corrected chi connectivity index (χ3v) is 2.28. The zero-order chi connectivity index (χ0) is 16.2. The lowest BCUT2D eigenvalue weighted by Crippen LogP contribution is -2.35. The lowest BCUT2D eigenvalue weighted by Gasteiger charge is -2.19. The number of hydrogen-bond acceptors (Lipinski definition) is 3. The van der Waals surface area contributed by atoms with Crippen LogP contribution in [0.5, 0.6) is 0 Å². The summed E-state index contributed by atoms with van der Waals surface area (Å²) in [4.78, 5) is 22.9. The van der Waals surface area contributed by atoms with E-state index in [-0.39, 0.29) is 0 Å². The van der Waals surface area contributed by atoms with Crippen molar-refractivity contribution in [3.05, 3.63) is 35.1 Å². The van der Waals surface area contributed by atoms with Gasteiger partial charge in [-0.05, 0) is 26.8 Å². The van der Waals surface area contributed by atoms with Crippen LogP contribution in [0.1, 0.15) is 26.3 Å². The van der Waals surface area contributed by atoms with Crippen LogP contribution < -0.4 is 5.32 Å². The van der Waals surface area contributed by atoms with Crippen LogP contribution in [0.3, 0.4) is 0 Å². The Hall–Kier alpha value is -2.05. The molecule has 0 heterocycles. The van der Waals surface area contributed by atoms with Gasteiger partial charge in [0.15, 0.2) is 17.4 Å². The molecular weight excluding hydrogens is 287 g/mol. The van der Waals surface area contributed by atoms with Crippen LogP contribution in [0.15, 0.2) is 12.1 Å². The van der Waals surface area contributed by atoms with E-state index in [1.165, 1.54) is 0 Å². The minimum absolute atomic E-state index is 0.391. The van der Waals surface area contributed by atoms with Crippen molar-refractivity contribution in [1.29, 1.82) is 0 Å². The van der Waals surface area contributed by atoms with Crippen molar-refractivity contribution in [2.24, 2.45) is 0 Å². The summed E-state index contributed by atoms with van der Waals surface area (Å²) in [6, 6.07) is 1.13. The normalized spacial score (nSPS) is 11.1. The molecule has 0 unspecified atom stereocenters. The number of ether oxygens (including phenoxy) is 1. The van der Waals surface area contributed by atoms with Crippen LogP contribution >= 0.6 is 0 Å². The van der Waals surface area contributed by atoms with Crippen LogP contribution in [-0.4, -0.2) is 24.0 Å². The molecule has 1 aromatic carbocycles. The highest BCUT2D eigenvalue weighted by atomic mass is 19.2. The number of rotatable bonds is 4. The molecule has 7 heteroatoms. The Labute approximate surface area is 120 Å². The third kappa shape index (κ3) is 5.85. The summed E-state index contributed by atoms with van der Waals surface area (Å²) in [5.74, 6) is -4.22. The van der Waals surface area contributed by atoms with Crippen molar-refractivity contribution in [3.8, 4) is 0 Å². The minimum Gasteiger partial charge on any atom is -0.444 e. The molecule has 0 bridgehead atoms. The lowest BCUT2D eigenvalue weighted by molar-refractivity contribution is -0.117. The molecule has 4 nitrogen and oxygen atoms in total. The molecule has 0 aliphatic heterocycles. The molecule has 1 aromatic rings. The van der Waals surface area contributed by atoms with Gasteiger partial charge in [-0.15, -0.1) is 0 Å². The molecule has 0 fully saturated rings. The highest BCUT2D eigenvalue weighted by Crippen LogP contribution is 2.15. The average Bonchev–Trinajstić information content (AvgIpc) is 2.30. The Kier molecular flexibility index (Phi) is 5.34. The highest BCUT2D eigenvalue weighted by molar-refractivity contribution is 5.85. The summed E-state index contributed by atoms with van der Waals surface area (Å²) in [6.45, 7) is 4.53. The van der Waals surface area contributed by atoms with Gasteiger partial charge >= 0.3 is 6.09 Å². The fourth-order valence-electron chi connectivity index (χ4n) is 1.50. The summed E-state index contributed by atoms with van der Waals surface area (Å²) in [6.07, 6.45) is -1.34. The van der Waals surface area contributed by atoms with Crippen LogP contribution in [0.25, 0.3) is 0 Å². The Bertz CT molecular complexity index is 553. The predicted molar refractivity (Wildman–Crippen MR) is 69.3 cm³/mol. The van der Waals surface area contributed by atoms with Gasteiger partial charge < -0.3 is 10.1 Å². The van der Waals surface area contributed by atoms with E-state index >= 15 is 0 Å². The van der Waals surface area contributed by atoms with Gasteiger partial charge in [0.1, 0.15) is 11.4 Å². The molecule has 0 spiro atoms. The number of carbonyl (C=O) groups excluding carboxylic acids is 2. The number of ketones is 1. The second kappa shape index (κ2) is 6.60. The first-order chi connectivity index (χ1) is 9.58. The maximum Gasteiger partial charge on any atom is 0.408 e. The van der Waals surface area contributed by atoms with Gasteiger partial charge in [-0.1, -0.05) is 0 Å². The van der Waals surface area contributed by atoms with E-state index in [1.54, 1.807) is 20.8 Å². The minimum atomic E-state index is -1.36. The van der Waals surface area contributed by atoms with Crippen LogP contribution in [0, 0.1) is 17.5 Å². The van der Waals surface area contributed by atoms with Gasteiger partial charge in [-0.2, -0.15) is 0 Å². The second-order valence-corrected chi connectivity index (χ2v) is 5.43. The van der Waals surface area contributed by atoms with Crippen LogP contribution in [-0.2, 0) is 16.0 Å². The molecule has 1 amide bonds. The van der Waals surface area contributed by atoms with Crippen molar-refractivity contribution >= 4 is 11.9 Å². The van der Waals surface area contributed by atoms with E-state index in [1.807, 2.05) is 0 Å². The number of nitrogens with one attached hydrogen (secondary N) is 1. The van der Waals surface area contributed by atoms with Crippen molar-refractivity contribution in [3.63, 3.8) is 0 Å². The van der Waals surface area contributed by atoms with Gasteiger partial charge in [0.05, 0.1) is 6.54 Å². The van der Waals surface area contributed by atoms with Crippen molar-refractivity contribution in [2.45, 2.75) is 32.8 Å². The van der Waals surface area contributed by atoms with Gasteiger partial charge in [-0.3, -0.25) is 4.79 Å². The number of carbonyl (C=O) groups is 2. The van der Waals surface area contributed by atoms with E-state index < -0.39 is 53.5 Å². The monoisotopic (exact) mass is 303 g/mol. The molecule has 0 aromatic heterocycles. The van der Waals surface area contributed by atoms with Crippen LogP contribution in [0.2, 0.25) is 0 Å². The number of benzene rings is 1. The summed E-state index contributed by atoms with van der Waals surface area (Å²) in [5, 5.41) is 2.19. The standard InChI is InChI=1S/C14H16F3NO3/c1-14(2,3)21-13(20)18-7-10(19)5-8-4-9(15)6-11(16)12(8)17/h4,6H,5,7H2,1-3H3,(H,18,20). The molecule has 0 saturated carbocycles. The third-order valence-electron chi connectivity index (χ3n) is 2.28. The lowest BCUT2D eigenvalue weighted by atomic mass is 10.1. The van der Waals surface area contributed by atoms with Crippen LogP contribution in [0.4, 0.5) is 18.0 Å². The Morgan fingerprint density at radius 2 is 1.81 bits per heavy atom. The Morgan fingerprint density at radius 1 is 1.19 bits per heavy atom. The van der Waals surface area contributed by atoms with E-state index in [2.05, 4.69) is 5.32 Å². The number of hydrogen-bond donors (Lipinski definition) is 1. The number of Topliss-reactive ketones (excluding diaryl/α,β-unsaturated/α-hetero) is 1. The number of halogens is 3. The summed E-state index contributed by atoms with van der Waals surface area (Å²) in [5.41, 5.74) is -1.12. The molecule has 0 radical (unpaired) electrons. The van der Waals surface area contributed by atoms with Gasteiger partial charge in [0.25, 0.3) is 0 Å². The maximum absolute atomic E-state index is 13.4. The van der Waals surface area contributed by atoms with E-state index in [0.29, 0.717) is 6.07 Å². The summed E-state index contributed by atoms with van der Waals surface area (Å²) in [7, 11) is 0. The molecule has 21 heavy (non-hydrogen) atoms. The van der Waals surface area contributed by atoms with Gasteiger partial charge in [0, 0.05) is 18.1 Å². The predicted octanol–water partition coefficient (Wildman–Crippen LogP) is 2.74. The smallest absolute Gasteiger partial charge is 0.408 e. The molecular formula is C14H16F3NO3. The molecule has 116 valence electrons. The average molecular weight is 303 g/mol. The van der Waals surface area contributed by atoms with E-state index in [4.69, 9.17) is 4.74 Å². The molecule has 1 N–H and O–H groups in total. The van der Waals surface area contributed by atoms with E-state index in [9.17, 15) is 22.8 Å². The molecule has 0 aliphatic rings.